The maximum Gasteiger partial charge on any atom is 0.125 e. The Morgan fingerprint density at radius 3 is 2.38 bits per heavy atom. The van der Waals surface area contributed by atoms with Crippen LogP contribution >= 0.6 is 0 Å². The average Bonchev–Trinajstić information content (AvgIpc) is 2.02. The van der Waals surface area contributed by atoms with Crippen molar-refractivity contribution >= 4 is 5.69 Å². The Morgan fingerprint density at radius 2 is 1.92 bits per heavy atom. The summed E-state index contributed by atoms with van der Waals surface area (Å²) < 4.78 is 13.1. The molecule has 0 aliphatic heterocycles. The SMILES string of the molecule is Cc1ncc(NCC(C)(C)F)cn1. The number of anilines is 1. The lowest BCUT2D eigenvalue weighted by molar-refractivity contribution is 0.235. The van der Waals surface area contributed by atoms with Gasteiger partial charge in [0.2, 0.25) is 0 Å². The zero-order chi connectivity index (χ0) is 9.90. The summed E-state index contributed by atoms with van der Waals surface area (Å²) in [7, 11) is 0. The Morgan fingerprint density at radius 1 is 1.38 bits per heavy atom. The second-order valence-corrected chi connectivity index (χ2v) is 3.59. The van der Waals surface area contributed by atoms with E-state index >= 15 is 0 Å². The van der Waals surface area contributed by atoms with Crippen molar-refractivity contribution in [2.24, 2.45) is 0 Å². The van der Waals surface area contributed by atoms with Crippen molar-refractivity contribution in [2.45, 2.75) is 26.4 Å². The van der Waals surface area contributed by atoms with E-state index in [9.17, 15) is 4.39 Å². The molecule has 0 aliphatic rings. The summed E-state index contributed by atoms with van der Waals surface area (Å²) >= 11 is 0. The van der Waals surface area contributed by atoms with Crippen LogP contribution in [-0.2, 0) is 0 Å². The first-order valence-corrected chi connectivity index (χ1v) is 4.19. The fourth-order valence-electron chi connectivity index (χ4n) is 0.796. The maximum atomic E-state index is 13.1. The monoisotopic (exact) mass is 183 g/mol. The average molecular weight is 183 g/mol. The summed E-state index contributed by atoms with van der Waals surface area (Å²) in [5.74, 6) is 0.713. The Bertz CT molecular complexity index is 263. The molecule has 0 saturated carbocycles. The number of aryl methyl sites for hydroxylation is 1. The first-order chi connectivity index (χ1) is 5.97. The highest BCUT2D eigenvalue weighted by Crippen LogP contribution is 2.10. The van der Waals surface area contributed by atoms with Crippen LogP contribution in [0.15, 0.2) is 12.4 Å². The number of aromatic nitrogens is 2. The number of alkyl halides is 1. The predicted octanol–water partition coefficient (Wildman–Crippen LogP) is 1.95. The molecule has 0 aliphatic carbocycles. The minimum atomic E-state index is -1.22. The van der Waals surface area contributed by atoms with E-state index in [0.717, 1.165) is 5.69 Å². The first kappa shape index (κ1) is 9.89. The molecule has 3 nitrogen and oxygen atoms in total. The zero-order valence-electron chi connectivity index (χ0n) is 8.13. The Kier molecular flexibility index (Phi) is 2.80. The molecule has 0 aromatic carbocycles. The van der Waals surface area contributed by atoms with Crippen LogP contribution in [0, 0.1) is 6.92 Å². The van der Waals surface area contributed by atoms with E-state index in [1.54, 1.807) is 12.4 Å². The van der Waals surface area contributed by atoms with Crippen molar-refractivity contribution in [1.82, 2.24) is 9.97 Å². The molecular weight excluding hydrogens is 169 g/mol. The van der Waals surface area contributed by atoms with E-state index in [2.05, 4.69) is 15.3 Å². The van der Waals surface area contributed by atoms with Crippen molar-refractivity contribution in [3.8, 4) is 0 Å². The molecule has 1 aromatic rings. The molecule has 0 bridgehead atoms. The van der Waals surface area contributed by atoms with Gasteiger partial charge < -0.3 is 5.32 Å². The van der Waals surface area contributed by atoms with Crippen LogP contribution < -0.4 is 5.32 Å². The van der Waals surface area contributed by atoms with Crippen molar-refractivity contribution in [3.63, 3.8) is 0 Å². The minimum Gasteiger partial charge on any atom is -0.379 e. The van der Waals surface area contributed by atoms with Crippen LogP contribution in [0.3, 0.4) is 0 Å². The Balaban J connectivity index is 2.51. The summed E-state index contributed by atoms with van der Waals surface area (Å²) in [5.41, 5.74) is -0.471. The topological polar surface area (TPSA) is 37.8 Å². The first-order valence-electron chi connectivity index (χ1n) is 4.19. The van der Waals surface area contributed by atoms with Crippen LogP contribution in [0.2, 0.25) is 0 Å². The van der Waals surface area contributed by atoms with Crippen molar-refractivity contribution < 1.29 is 4.39 Å². The van der Waals surface area contributed by atoms with E-state index in [1.807, 2.05) is 6.92 Å². The second-order valence-electron chi connectivity index (χ2n) is 3.59. The van der Waals surface area contributed by atoms with Crippen LogP contribution in [0.5, 0.6) is 0 Å². The van der Waals surface area contributed by atoms with Gasteiger partial charge >= 0.3 is 0 Å². The van der Waals surface area contributed by atoms with Gasteiger partial charge in [-0.05, 0) is 20.8 Å². The summed E-state index contributed by atoms with van der Waals surface area (Å²) in [5, 5.41) is 2.91. The van der Waals surface area contributed by atoms with E-state index in [4.69, 9.17) is 0 Å². The number of hydrogen-bond acceptors (Lipinski definition) is 3. The number of hydrogen-bond donors (Lipinski definition) is 1. The van der Waals surface area contributed by atoms with Gasteiger partial charge in [-0.3, -0.25) is 0 Å². The second kappa shape index (κ2) is 3.68. The van der Waals surface area contributed by atoms with Gasteiger partial charge in [0.05, 0.1) is 18.1 Å². The molecule has 0 fully saturated rings. The summed E-state index contributed by atoms with van der Waals surface area (Å²) in [4.78, 5) is 7.97. The van der Waals surface area contributed by atoms with Gasteiger partial charge in [-0.15, -0.1) is 0 Å². The summed E-state index contributed by atoms with van der Waals surface area (Å²) in [6.45, 7) is 5.12. The standard InChI is InChI=1S/C9H14FN3/c1-7-11-4-8(5-12-7)13-6-9(2,3)10/h4-5,13H,6H2,1-3H3. The third kappa shape index (κ3) is 3.83. The highest BCUT2D eigenvalue weighted by atomic mass is 19.1. The molecule has 1 aromatic heterocycles. The van der Waals surface area contributed by atoms with Crippen LogP contribution in [0.1, 0.15) is 19.7 Å². The van der Waals surface area contributed by atoms with Crippen molar-refractivity contribution in [3.05, 3.63) is 18.2 Å². The van der Waals surface area contributed by atoms with Crippen LogP contribution in [0.4, 0.5) is 10.1 Å². The van der Waals surface area contributed by atoms with E-state index in [1.165, 1.54) is 13.8 Å². The maximum absolute atomic E-state index is 13.1. The fourth-order valence-corrected chi connectivity index (χ4v) is 0.796. The zero-order valence-corrected chi connectivity index (χ0v) is 8.13. The number of nitrogens with zero attached hydrogens (tertiary/aromatic N) is 2. The van der Waals surface area contributed by atoms with Gasteiger partial charge in [0, 0.05) is 6.54 Å². The van der Waals surface area contributed by atoms with Crippen molar-refractivity contribution in [1.29, 1.82) is 0 Å². The molecule has 1 N–H and O–H groups in total. The molecule has 72 valence electrons. The quantitative estimate of drug-likeness (QED) is 0.778. The molecule has 1 heterocycles. The third-order valence-corrected chi connectivity index (χ3v) is 1.49. The molecule has 13 heavy (non-hydrogen) atoms. The molecule has 0 unspecified atom stereocenters. The van der Waals surface area contributed by atoms with E-state index in [-0.39, 0.29) is 6.54 Å². The van der Waals surface area contributed by atoms with Gasteiger partial charge in [0.15, 0.2) is 0 Å². The number of nitrogens with one attached hydrogen (secondary N) is 1. The Labute approximate surface area is 77.4 Å². The van der Waals surface area contributed by atoms with Crippen LogP contribution in [-0.4, -0.2) is 22.2 Å². The molecule has 0 atom stereocenters. The van der Waals surface area contributed by atoms with E-state index < -0.39 is 5.67 Å². The summed E-state index contributed by atoms with van der Waals surface area (Å²) in [6.07, 6.45) is 3.29. The normalized spacial score (nSPS) is 11.4. The number of rotatable bonds is 3. The predicted molar refractivity (Wildman–Crippen MR) is 50.4 cm³/mol. The molecule has 0 radical (unpaired) electrons. The van der Waals surface area contributed by atoms with Gasteiger partial charge in [-0.2, -0.15) is 0 Å². The smallest absolute Gasteiger partial charge is 0.125 e. The Hall–Kier alpha value is -1.19. The van der Waals surface area contributed by atoms with Gasteiger partial charge in [0.25, 0.3) is 0 Å². The lowest BCUT2D eigenvalue weighted by Crippen LogP contribution is -2.24. The molecule has 0 spiro atoms. The molecule has 4 heteroatoms. The van der Waals surface area contributed by atoms with Gasteiger partial charge in [0.1, 0.15) is 11.5 Å². The van der Waals surface area contributed by atoms with Gasteiger partial charge in [-0.1, -0.05) is 0 Å². The summed E-state index contributed by atoms with van der Waals surface area (Å²) in [6, 6.07) is 0. The minimum absolute atomic E-state index is 0.263. The third-order valence-electron chi connectivity index (χ3n) is 1.49. The number of halogens is 1. The van der Waals surface area contributed by atoms with E-state index in [0.29, 0.717) is 5.82 Å². The van der Waals surface area contributed by atoms with Crippen LogP contribution in [0.25, 0.3) is 0 Å². The highest BCUT2D eigenvalue weighted by Gasteiger charge is 2.14. The lowest BCUT2D eigenvalue weighted by atomic mass is 10.2. The molecular formula is C9H14FN3. The molecule has 0 saturated heterocycles. The molecule has 1 rings (SSSR count). The van der Waals surface area contributed by atoms with Crippen molar-refractivity contribution in [2.75, 3.05) is 11.9 Å². The largest absolute Gasteiger partial charge is 0.379 e. The fraction of sp³-hybridized carbons (Fsp3) is 0.556. The lowest BCUT2D eigenvalue weighted by Gasteiger charge is -2.15. The highest BCUT2D eigenvalue weighted by molar-refractivity contribution is 5.37. The molecule has 0 amide bonds. The van der Waals surface area contributed by atoms with Gasteiger partial charge in [-0.25, -0.2) is 14.4 Å².